The monoisotopic (exact) mass is 1010 g/mol. The van der Waals surface area contributed by atoms with Crippen LogP contribution in [-0.2, 0) is 89.5 Å². The van der Waals surface area contributed by atoms with Gasteiger partial charge in [-0.05, 0) is 95.9 Å². The number of rotatable bonds is 8. The highest BCUT2D eigenvalue weighted by Gasteiger charge is 2.53. The van der Waals surface area contributed by atoms with Crippen molar-refractivity contribution in [2.45, 2.75) is 79.1 Å². The number of benzene rings is 2. The minimum atomic E-state index is -1.24. The van der Waals surface area contributed by atoms with Crippen LogP contribution in [0.25, 0.3) is 0 Å². The van der Waals surface area contributed by atoms with Gasteiger partial charge in [0.05, 0.1) is 26.4 Å². The fourth-order valence-corrected chi connectivity index (χ4v) is 11.8. The molecule has 12 bridgehead atoms. The molecule has 0 amide bonds. The molecule has 10 rings (SSSR count). The number of hydrogen-bond acceptors (Lipinski definition) is 8. The van der Waals surface area contributed by atoms with Crippen LogP contribution in [0.3, 0.4) is 0 Å². The van der Waals surface area contributed by atoms with Gasteiger partial charge >= 0.3 is 23.9 Å². The minimum Gasteiger partial charge on any atom is -0.465 e. The lowest BCUT2D eigenvalue weighted by Gasteiger charge is -2.21. The molecule has 0 fully saturated rings. The summed E-state index contributed by atoms with van der Waals surface area (Å²) in [6, 6.07) is 0. The van der Waals surface area contributed by atoms with E-state index in [1.807, 2.05) is 0 Å². The van der Waals surface area contributed by atoms with Crippen LogP contribution < -0.4 is 0 Å². The van der Waals surface area contributed by atoms with Crippen LogP contribution >= 0.6 is 63.7 Å². The van der Waals surface area contributed by atoms with Gasteiger partial charge in [-0.25, -0.2) is 0 Å². The van der Waals surface area contributed by atoms with Crippen LogP contribution in [0.2, 0.25) is 0 Å². The minimum absolute atomic E-state index is 0.172. The third-order valence-corrected chi connectivity index (χ3v) is 15.2. The van der Waals surface area contributed by atoms with E-state index in [1.54, 1.807) is 27.7 Å². The molecule has 8 aliphatic rings. The fourth-order valence-electron chi connectivity index (χ4n) is 8.74. The summed E-state index contributed by atoms with van der Waals surface area (Å²) < 4.78 is 25.6. The molecule has 0 N–H and O–H groups in total. The largest absolute Gasteiger partial charge is 0.465 e. The summed E-state index contributed by atoms with van der Waals surface area (Å²) >= 11 is 15.4. The van der Waals surface area contributed by atoms with Gasteiger partial charge in [-0.1, -0.05) is 87.4 Å². The molecule has 0 atom stereocenters. The van der Waals surface area contributed by atoms with Gasteiger partial charge in [0.25, 0.3) is 0 Å². The van der Waals surface area contributed by atoms with Crippen molar-refractivity contribution in [3.63, 3.8) is 0 Å². The van der Waals surface area contributed by atoms with E-state index in [1.165, 1.54) is 0 Å². The fraction of sp³-hybridized carbons (Fsp3) is 0.455. The molecule has 0 saturated carbocycles. The van der Waals surface area contributed by atoms with Crippen LogP contribution in [0.1, 0.15) is 72.2 Å². The molecule has 2 aromatic rings. The van der Waals surface area contributed by atoms with Gasteiger partial charge in [0.1, 0.15) is 21.7 Å². The maximum Gasteiger partial charge on any atom is 0.324 e. The molecule has 0 spiro atoms. The van der Waals surface area contributed by atoms with E-state index in [9.17, 15) is 19.2 Å². The van der Waals surface area contributed by atoms with E-state index < -0.39 is 45.5 Å². The summed E-state index contributed by atoms with van der Waals surface area (Å²) in [5.41, 5.74) is 2.00. The molecular formula is C44H36Br4O8. The van der Waals surface area contributed by atoms with E-state index in [0.717, 1.165) is 62.4 Å². The Morgan fingerprint density at radius 3 is 0.696 bits per heavy atom. The predicted molar refractivity (Wildman–Crippen MR) is 221 cm³/mol. The van der Waals surface area contributed by atoms with Crippen molar-refractivity contribution in [3.8, 4) is 47.4 Å². The molecule has 0 heterocycles. The third-order valence-electron chi connectivity index (χ3n) is 11.4. The maximum absolute atomic E-state index is 13.8. The standard InChI is InChI=1S/C44H36Br4O8/c1-5-53-37(49)41-13-9-10-14-42(38(50)54-6-2)21-29-30(22-42)36(48)32-24-44(40(52)56-8-4,23-31(32)35(29)47)16-12-11-15-43(39(51)55-7-3)19-27-28(20-43)34(46)26(18-41)25(17-41)33(27)45/h5-8,17-24H2,1-4H3. The zero-order valence-electron chi connectivity index (χ0n) is 31.3. The highest BCUT2D eigenvalue weighted by Crippen LogP contribution is 2.54. The van der Waals surface area contributed by atoms with Crippen LogP contribution in [0, 0.1) is 69.0 Å². The highest BCUT2D eigenvalue weighted by atomic mass is 79.9. The Morgan fingerprint density at radius 2 is 0.554 bits per heavy atom. The molecule has 8 aliphatic carbocycles. The second kappa shape index (κ2) is 15.3. The average Bonchev–Trinajstić information content (AvgIpc) is 3.96. The lowest BCUT2D eigenvalue weighted by atomic mass is 9.83. The zero-order valence-corrected chi connectivity index (χ0v) is 37.6. The van der Waals surface area contributed by atoms with E-state index in [0.29, 0.717) is 0 Å². The van der Waals surface area contributed by atoms with Crippen LogP contribution in [0.5, 0.6) is 0 Å². The van der Waals surface area contributed by atoms with Gasteiger partial charge < -0.3 is 18.9 Å². The van der Waals surface area contributed by atoms with Crippen molar-refractivity contribution in [1.82, 2.24) is 0 Å². The van der Waals surface area contributed by atoms with E-state index >= 15 is 0 Å². The van der Waals surface area contributed by atoms with Crippen molar-refractivity contribution in [1.29, 1.82) is 0 Å². The lowest BCUT2D eigenvalue weighted by Crippen LogP contribution is -2.33. The summed E-state index contributed by atoms with van der Waals surface area (Å²) in [4.78, 5) is 55.3. The van der Waals surface area contributed by atoms with Gasteiger partial charge in [-0.2, -0.15) is 0 Å². The molecule has 288 valence electrons. The number of ether oxygens (including phenoxy) is 4. The first-order valence-corrected chi connectivity index (χ1v) is 21.7. The second-order valence-electron chi connectivity index (χ2n) is 14.7. The number of esters is 4. The molecule has 0 radical (unpaired) electrons. The van der Waals surface area contributed by atoms with E-state index in [4.69, 9.17) is 18.9 Å². The molecule has 12 heteroatoms. The molecule has 0 unspecified atom stereocenters. The summed E-state index contributed by atoms with van der Waals surface area (Å²) in [6.07, 6.45) is 1.90. The Balaban J connectivity index is 1.46. The smallest absolute Gasteiger partial charge is 0.324 e. The normalized spacial score (nSPS) is 25.4. The first kappa shape index (κ1) is 40.7. The van der Waals surface area contributed by atoms with Gasteiger partial charge in [0.15, 0.2) is 0 Å². The van der Waals surface area contributed by atoms with Gasteiger partial charge in [0.2, 0.25) is 0 Å². The summed E-state index contributed by atoms with van der Waals surface area (Å²) in [5.74, 6) is 22.8. The number of carbonyl (C=O) groups excluding carboxylic acids is 4. The van der Waals surface area contributed by atoms with Crippen LogP contribution in [0.4, 0.5) is 0 Å². The first-order chi connectivity index (χ1) is 26.7. The van der Waals surface area contributed by atoms with Gasteiger partial charge in [-0.15, -0.1) is 0 Å². The van der Waals surface area contributed by atoms with Crippen molar-refractivity contribution >= 4 is 87.6 Å². The molecular weight excluding hydrogens is 976 g/mol. The van der Waals surface area contributed by atoms with E-state index in [-0.39, 0.29) is 77.8 Å². The van der Waals surface area contributed by atoms with E-state index in [2.05, 4.69) is 111 Å². The first-order valence-electron chi connectivity index (χ1n) is 18.5. The third kappa shape index (κ3) is 6.44. The van der Waals surface area contributed by atoms with Gasteiger partial charge in [-0.3, -0.25) is 19.2 Å². The van der Waals surface area contributed by atoms with Crippen molar-refractivity contribution < 1.29 is 38.1 Å². The summed E-state index contributed by atoms with van der Waals surface area (Å²) in [7, 11) is 0. The Hall–Kier alpha value is -3.52. The number of carbonyl (C=O) groups is 4. The summed E-state index contributed by atoms with van der Waals surface area (Å²) in [5, 5.41) is 0. The topological polar surface area (TPSA) is 105 Å². The molecule has 8 nitrogen and oxygen atoms in total. The number of halogens is 4. The van der Waals surface area contributed by atoms with Crippen molar-refractivity contribution in [2.24, 2.45) is 21.7 Å². The highest BCUT2D eigenvalue weighted by molar-refractivity contribution is 9.11. The Labute approximate surface area is 360 Å². The maximum atomic E-state index is 13.8. The molecule has 0 saturated heterocycles. The lowest BCUT2D eigenvalue weighted by molar-refractivity contribution is -0.152. The number of hydrogen-bond donors (Lipinski definition) is 0. The molecule has 2 aromatic carbocycles. The van der Waals surface area contributed by atoms with Crippen LogP contribution in [-0.4, -0.2) is 50.3 Å². The molecule has 56 heavy (non-hydrogen) atoms. The quantitative estimate of drug-likeness (QED) is 0.158. The Kier molecular flexibility index (Phi) is 11.1. The average molecular weight is 1010 g/mol. The zero-order chi connectivity index (χ0) is 40.2. The Bertz CT molecular complexity index is 1990. The Morgan fingerprint density at radius 1 is 0.393 bits per heavy atom. The molecule has 0 aliphatic heterocycles. The molecule has 0 aromatic heterocycles. The second-order valence-corrected chi connectivity index (χ2v) is 17.9. The van der Waals surface area contributed by atoms with Crippen LogP contribution in [0.15, 0.2) is 17.9 Å². The van der Waals surface area contributed by atoms with Crippen molar-refractivity contribution in [2.75, 3.05) is 26.4 Å². The van der Waals surface area contributed by atoms with Crippen molar-refractivity contribution in [3.05, 3.63) is 62.4 Å². The summed E-state index contributed by atoms with van der Waals surface area (Å²) in [6.45, 7) is 7.71. The predicted octanol–water partition coefficient (Wildman–Crippen LogP) is 7.06. The SMILES string of the molecule is CCOC(=O)C12C#CC#CC3(C(=O)OCC)Cc4c(Br)c5c(c(Br)c4C3)CC(C(=O)OCC)(C#CC#CC3(C(=O)OCC)Cc4c(Br)c(c(c(Br)c4C3)C1)C2)C5. The van der Waals surface area contributed by atoms with Gasteiger partial charge in [0, 0.05) is 69.3 Å².